The van der Waals surface area contributed by atoms with Gasteiger partial charge in [-0.25, -0.2) is 0 Å². The van der Waals surface area contributed by atoms with E-state index in [1.54, 1.807) is 24.3 Å². The third kappa shape index (κ3) is 6.08. The molecule has 2 aliphatic heterocycles. The fourth-order valence-corrected chi connectivity index (χ4v) is 17.6. The Balaban J connectivity index is 1.30. The molecule has 53 heavy (non-hydrogen) atoms. The summed E-state index contributed by atoms with van der Waals surface area (Å²) >= 11 is -5.00. The quantitative estimate of drug-likeness (QED) is 0.121. The normalized spacial score (nSPS) is 18.3. The summed E-state index contributed by atoms with van der Waals surface area (Å²) in [6.07, 6.45) is 13.6. The maximum atomic E-state index is 17.6. The first-order valence-electron chi connectivity index (χ1n) is 18.1. The van der Waals surface area contributed by atoms with Crippen LogP contribution in [0.15, 0.2) is 85.0 Å². The second kappa shape index (κ2) is 14.5. The van der Waals surface area contributed by atoms with E-state index in [4.69, 9.17) is 18.9 Å². The minimum atomic E-state index is -5.00. The van der Waals surface area contributed by atoms with Crippen molar-refractivity contribution < 1.29 is 53.1 Å². The fraction of sp³-hybridized carbons (Fsp3) is 0.333. The summed E-state index contributed by atoms with van der Waals surface area (Å²) in [7, 11) is 0. The van der Waals surface area contributed by atoms with Crippen molar-refractivity contribution >= 4 is 7.74 Å². The van der Waals surface area contributed by atoms with E-state index >= 15 is 17.6 Å². The molecule has 2 aromatic heterocycles. The van der Waals surface area contributed by atoms with Gasteiger partial charge in [-0.1, -0.05) is 0 Å². The number of allylic oxidation sites excluding steroid dienone is 8. The summed E-state index contributed by atoms with van der Waals surface area (Å²) in [6, 6.07) is 9.33. The predicted octanol–water partition coefficient (Wildman–Crippen LogP) is 8.20. The van der Waals surface area contributed by atoms with Crippen LogP contribution in [-0.2, 0) is 48.6 Å². The van der Waals surface area contributed by atoms with E-state index in [0.717, 1.165) is 33.9 Å². The summed E-state index contributed by atoms with van der Waals surface area (Å²) < 4.78 is 94.1. The van der Waals surface area contributed by atoms with Gasteiger partial charge in [0.25, 0.3) is 0 Å². The average Bonchev–Trinajstić information content (AvgIpc) is 4.00. The first-order chi connectivity index (χ1) is 25.6. The van der Waals surface area contributed by atoms with Gasteiger partial charge >= 0.3 is 312 Å². The van der Waals surface area contributed by atoms with Crippen LogP contribution in [0.3, 0.4) is 0 Å². The van der Waals surface area contributed by atoms with Crippen LogP contribution < -0.4 is 7.74 Å². The summed E-state index contributed by atoms with van der Waals surface area (Å²) in [6.45, 7) is 9.77. The van der Waals surface area contributed by atoms with Gasteiger partial charge in [-0.05, 0) is 0 Å². The Morgan fingerprint density at radius 2 is 0.925 bits per heavy atom. The summed E-state index contributed by atoms with van der Waals surface area (Å²) in [4.78, 5) is 0. The van der Waals surface area contributed by atoms with E-state index in [2.05, 4.69) is 0 Å². The molecule has 6 nitrogen and oxygen atoms in total. The third-order valence-electron chi connectivity index (χ3n) is 11.4. The molecule has 4 aliphatic rings. The molecule has 2 aliphatic carbocycles. The number of ether oxygens (including phenoxy) is 4. The van der Waals surface area contributed by atoms with Crippen LogP contribution in [0.1, 0.15) is 57.6 Å². The number of aryl methyl sites for hydroxylation is 2. The molecule has 0 N–H and O–H groups in total. The Morgan fingerprint density at radius 3 is 1.28 bits per heavy atom. The number of rotatable bonds is 10. The van der Waals surface area contributed by atoms with Gasteiger partial charge in [-0.15, -0.1) is 0 Å². The Bertz CT molecular complexity index is 2010. The molecule has 276 valence electrons. The Morgan fingerprint density at radius 1 is 0.566 bits per heavy atom. The van der Waals surface area contributed by atoms with Crippen molar-refractivity contribution in [3.63, 3.8) is 0 Å². The molecule has 0 atom stereocenters. The van der Waals surface area contributed by atoms with E-state index in [-0.39, 0.29) is 32.0 Å². The molecule has 4 heterocycles. The van der Waals surface area contributed by atoms with E-state index in [1.807, 2.05) is 73.3 Å². The number of nitrogens with zero attached hydrogens (tertiary/aromatic N) is 2. The van der Waals surface area contributed by atoms with E-state index in [9.17, 15) is 0 Å². The van der Waals surface area contributed by atoms with E-state index in [0.29, 0.717) is 26.4 Å². The SMILES string of the molecule is Cc1cc(C2OCCO2)c(C)n1Cc1ccc(F)[c]([Ti]([c]2c(F)ccc(Cn3c(C)cc(C4OCCO4)c3C)c2F)([CH]2C=CC=C2)[CH]2C=CC=C2)c1F. The van der Waals surface area contributed by atoms with Crippen molar-refractivity contribution in [2.75, 3.05) is 26.4 Å². The molecule has 0 amide bonds. The van der Waals surface area contributed by atoms with Gasteiger partial charge in [0, 0.05) is 0 Å². The van der Waals surface area contributed by atoms with Crippen molar-refractivity contribution in [3.8, 4) is 0 Å². The summed E-state index contributed by atoms with van der Waals surface area (Å²) in [5.74, 6) is -3.13. The summed E-state index contributed by atoms with van der Waals surface area (Å²) in [5, 5.41) is 0. The van der Waals surface area contributed by atoms with Crippen molar-refractivity contribution in [1.29, 1.82) is 0 Å². The van der Waals surface area contributed by atoms with Crippen molar-refractivity contribution in [2.45, 2.75) is 61.8 Å². The van der Waals surface area contributed by atoms with Crippen LogP contribution in [0.4, 0.5) is 17.6 Å². The van der Waals surface area contributed by atoms with Crippen LogP contribution in [0, 0.1) is 51.0 Å². The van der Waals surface area contributed by atoms with Gasteiger partial charge in [0.2, 0.25) is 0 Å². The van der Waals surface area contributed by atoms with Crippen LogP contribution >= 0.6 is 0 Å². The number of hydrogen-bond donors (Lipinski definition) is 0. The number of aromatic nitrogens is 2. The van der Waals surface area contributed by atoms with Gasteiger partial charge in [0.1, 0.15) is 0 Å². The van der Waals surface area contributed by atoms with E-state index in [1.165, 1.54) is 24.3 Å². The molecule has 0 bridgehead atoms. The Labute approximate surface area is 310 Å². The number of hydrogen-bond acceptors (Lipinski definition) is 4. The molecule has 0 spiro atoms. The van der Waals surface area contributed by atoms with Crippen molar-refractivity contribution in [3.05, 3.63) is 153 Å². The standard InChI is InChI=1S/2C16H16F2NO2.2C5H5.Ti/c2*1-10-7-14(16-20-5-6-21-16)11(2)19(10)9-12-3-4-13(17)8-15(12)18;2*1-2-4-5-3-1;/h2*3-4,7,16H,5-6,9H2,1-2H3;2*1-5H;. The van der Waals surface area contributed by atoms with Gasteiger partial charge in [-0.2, -0.15) is 0 Å². The molecule has 2 fully saturated rings. The molecule has 0 unspecified atom stereocenters. The zero-order valence-corrected chi connectivity index (χ0v) is 31.7. The van der Waals surface area contributed by atoms with E-state index < -0.39 is 60.9 Å². The number of halogens is 4. The molecule has 2 aromatic carbocycles. The second-order valence-electron chi connectivity index (χ2n) is 14.2. The molecule has 0 radical (unpaired) electrons. The predicted molar refractivity (Wildman–Crippen MR) is 191 cm³/mol. The minimum absolute atomic E-state index is 0.0858. The van der Waals surface area contributed by atoms with Gasteiger partial charge in [0.05, 0.1) is 0 Å². The summed E-state index contributed by atoms with van der Waals surface area (Å²) in [5.41, 5.74) is 5.54. The van der Waals surface area contributed by atoms with Gasteiger partial charge in [0.15, 0.2) is 0 Å². The Hall–Kier alpha value is -3.77. The zero-order chi connectivity index (χ0) is 37.0. The molecule has 2 saturated heterocycles. The monoisotopic (exact) mass is 762 g/mol. The molecule has 4 aromatic rings. The molecular weight excluding hydrogens is 720 g/mol. The molecular formula is C42H42F4N2O4Ti. The Kier molecular flexibility index (Phi) is 9.89. The van der Waals surface area contributed by atoms with Crippen LogP contribution in [0.2, 0.25) is 8.45 Å². The van der Waals surface area contributed by atoms with Crippen LogP contribution in [0.5, 0.6) is 0 Å². The van der Waals surface area contributed by atoms with Crippen LogP contribution in [0.25, 0.3) is 0 Å². The van der Waals surface area contributed by atoms with Gasteiger partial charge in [-0.3, -0.25) is 0 Å². The molecule has 0 saturated carbocycles. The van der Waals surface area contributed by atoms with Crippen molar-refractivity contribution in [2.24, 2.45) is 0 Å². The number of benzene rings is 2. The van der Waals surface area contributed by atoms with Crippen LogP contribution in [-0.4, -0.2) is 35.6 Å². The zero-order valence-electron chi connectivity index (χ0n) is 30.2. The average molecular weight is 763 g/mol. The first kappa shape index (κ1) is 36.2. The third-order valence-corrected chi connectivity index (χ3v) is 19.9. The topological polar surface area (TPSA) is 46.8 Å². The second-order valence-corrected chi connectivity index (χ2v) is 20.6. The molecule has 8 rings (SSSR count). The molecule has 11 heteroatoms. The fourth-order valence-electron chi connectivity index (χ4n) is 8.71. The van der Waals surface area contributed by atoms with Crippen molar-refractivity contribution in [1.82, 2.24) is 9.13 Å². The maximum absolute atomic E-state index is 17.6. The van der Waals surface area contributed by atoms with Gasteiger partial charge < -0.3 is 0 Å². The first-order valence-corrected chi connectivity index (χ1v) is 21.4.